The Morgan fingerprint density at radius 1 is 1.19 bits per heavy atom. The van der Waals surface area contributed by atoms with Crippen LogP contribution in [-0.2, 0) is 4.79 Å². The third-order valence-electron chi connectivity index (χ3n) is 1.67. The number of hydroxylamine groups is 1. The molecule has 0 aromatic heterocycles. The number of hydrogen-bond acceptors (Lipinski definition) is 3. The fraction of sp³-hybridized carbons (Fsp3) is 0.167. The van der Waals surface area contributed by atoms with E-state index in [9.17, 15) is 9.59 Å². The van der Waals surface area contributed by atoms with Crippen LogP contribution in [0, 0.1) is 0 Å². The largest absolute Gasteiger partial charge is 0.295 e. The molecule has 0 atom stereocenters. The molecule has 0 radical (unpaired) electrons. The highest BCUT2D eigenvalue weighted by molar-refractivity contribution is 5.93. The van der Waals surface area contributed by atoms with Gasteiger partial charge in [-0.15, -0.1) is 0 Å². The molecular formula is C12H15NO3. The fourth-order valence-corrected chi connectivity index (χ4v) is 0.768. The van der Waals surface area contributed by atoms with Crippen LogP contribution in [0.3, 0.4) is 0 Å². The molecule has 16 heavy (non-hydrogen) atoms. The zero-order chi connectivity index (χ0) is 12.6. The maximum atomic E-state index is 10.6. The Hall–Kier alpha value is -1.94. The van der Waals surface area contributed by atoms with Crippen molar-refractivity contribution in [2.45, 2.75) is 13.8 Å². The first-order chi connectivity index (χ1) is 7.49. The van der Waals surface area contributed by atoms with Crippen molar-refractivity contribution in [3.8, 4) is 0 Å². The third kappa shape index (κ3) is 5.72. The molecule has 0 aliphatic rings. The van der Waals surface area contributed by atoms with Crippen LogP contribution >= 0.6 is 0 Å². The van der Waals surface area contributed by atoms with Crippen LogP contribution < -0.4 is 5.48 Å². The van der Waals surface area contributed by atoms with Gasteiger partial charge in [-0.05, 0) is 13.8 Å². The highest BCUT2D eigenvalue weighted by Crippen LogP contribution is 1.97. The summed E-state index contributed by atoms with van der Waals surface area (Å²) in [6.45, 7) is 6.32. The van der Waals surface area contributed by atoms with Gasteiger partial charge in [-0.3, -0.25) is 14.8 Å². The SMILES string of the molecule is C=C(C)C(=O)NO.CC(=O)c1ccccc1. The van der Waals surface area contributed by atoms with Crippen molar-refractivity contribution >= 4 is 11.7 Å². The molecule has 1 amide bonds. The van der Waals surface area contributed by atoms with Crippen molar-refractivity contribution in [2.24, 2.45) is 0 Å². The second-order valence-electron chi connectivity index (χ2n) is 3.14. The predicted molar refractivity (Wildman–Crippen MR) is 61.2 cm³/mol. The number of hydrogen-bond donors (Lipinski definition) is 2. The number of nitrogens with one attached hydrogen (secondary N) is 1. The number of Topliss-reactive ketones (excluding diaryl/α,β-unsaturated/α-hetero) is 1. The van der Waals surface area contributed by atoms with Gasteiger partial charge in [0.2, 0.25) is 0 Å². The monoisotopic (exact) mass is 221 g/mol. The molecule has 0 saturated carbocycles. The van der Waals surface area contributed by atoms with Gasteiger partial charge >= 0.3 is 0 Å². The van der Waals surface area contributed by atoms with Gasteiger partial charge in [-0.1, -0.05) is 36.9 Å². The number of ketones is 1. The molecule has 0 saturated heterocycles. The number of rotatable bonds is 2. The smallest absolute Gasteiger partial charge is 0.269 e. The lowest BCUT2D eigenvalue weighted by molar-refractivity contribution is -0.125. The number of carbonyl (C=O) groups is 2. The topological polar surface area (TPSA) is 66.4 Å². The van der Waals surface area contributed by atoms with Crippen molar-refractivity contribution in [3.05, 3.63) is 48.0 Å². The van der Waals surface area contributed by atoms with Gasteiger partial charge in [0.05, 0.1) is 0 Å². The normalized spacial score (nSPS) is 8.44. The summed E-state index contributed by atoms with van der Waals surface area (Å²) in [5, 5.41) is 7.84. The maximum absolute atomic E-state index is 10.6. The van der Waals surface area contributed by atoms with Gasteiger partial charge in [0.25, 0.3) is 5.91 Å². The second kappa shape index (κ2) is 7.36. The van der Waals surface area contributed by atoms with Crippen LogP contribution in [-0.4, -0.2) is 16.9 Å². The molecule has 1 aromatic carbocycles. The lowest BCUT2D eigenvalue weighted by Crippen LogP contribution is -2.18. The summed E-state index contributed by atoms with van der Waals surface area (Å²) in [5.74, 6) is -0.421. The van der Waals surface area contributed by atoms with Crippen molar-refractivity contribution in [1.29, 1.82) is 0 Å². The molecule has 0 fully saturated rings. The molecule has 4 nitrogen and oxygen atoms in total. The van der Waals surface area contributed by atoms with E-state index in [1.807, 2.05) is 30.3 Å². The lowest BCUT2D eigenvalue weighted by Gasteiger charge is -1.90. The van der Waals surface area contributed by atoms with E-state index in [2.05, 4.69) is 6.58 Å². The van der Waals surface area contributed by atoms with E-state index in [1.165, 1.54) is 12.4 Å². The molecule has 0 spiro atoms. The Balaban J connectivity index is 0.000000293. The highest BCUT2D eigenvalue weighted by Gasteiger charge is 1.94. The summed E-state index contributed by atoms with van der Waals surface area (Å²) in [6.07, 6.45) is 0. The summed E-state index contributed by atoms with van der Waals surface area (Å²) in [5.41, 5.74) is 2.50. The number of benzene rings is 1. The fourth-order valence-electron chi connectivity index (χ4n) is 0.768. The van der Waals surface area contributed by atoms with Crippen molar-refractivity contribution in [3.63, 3.8) is 0 Å². The van der Waals surface area contributed by atoms with E-state index in [4.69, 9.17) is 5.21 Å². The van der Waals surface area contributed by atoms with Gasteiger partial charge in [-0.2, -0.15) is 0 Å². The van der Waals surface area contributed by atoms with Crippen LogP contribution in [0.1, 0.15) is 24.2 Å². The number of carbonyl (C=O) groups excluding carboxylic acids is 2. The Labute approximate surface area is 94.6 Å². The quantitative estimate of drug-likeness (QED) is 0.347. The molecule has 2 N–H and O–H groups in total. The molecule has 86 valence electrons. The Morgan fingerprint density at radius 2 is 1.69 bits per heavy atom. The van der Waals surface area contributed by atoms with Gasteiger partial charge < -0.3 is 0 Å². The van der Waals surface area contributed by atoms with Crippen molar-refractivity contribution in [2.75, 3.05) is 0 Å². The molecule has 1 aromatic rings. The molecule has 4 heteroatoms. The van der Waals surface area contributed by atoms with Crippen molar-refractivity contribution in [1.82, 2.24) is 5.48 Å². The summed E-state index contributed by atoms with van der Waals surface area (Å²) in [7, 11) is 0. The zero-order valence-corrected chi connectivity index (χ0v) is 9.36. The van der Waals surface area contributed by atoms with Crippen LogP contribution in [0.25, 0.3) is 0 Å². The van der Waals surface area contributed by atoms with Crippen molar-refractivity contribution < 1.29 is 14.8 Å². The summed E-state index contributed by atoms with van der Waals surface area (Å²) in [6, 6.07) is 9.23. The zero-order valence-electron chi connectivity index (χ0n) is 9.36. The van der Waals surface area contributed by atoms with Gasteiger partial charge in [0, 0.05) is 11.1 Å². The van der Waals surface area contributed by atoms with Gasteiger partial charge in [0.1, 0.15) is 0 Å². The summed E-state index contributed by atoms with van der Waals surface area (Å²) < 4.78 is 0. The first-order valence-corrected chi connectivity index (χ1v) is 4.65. The van der Waals surface area contributed by atoms with Crippen LogP contribution in [0.4, 0.5) is 0 Å². The third-order valence-corrected chi connectivity index (χ3v) is 1.67. The van der Waals surface area contributed by atoms with E-state index in [0.29, 0.717) is 5.57 Å². The van der Waals surface area contributed by atoms with Crippen LogP contribution in [0.5, 0.6) is 0 Å². The molecule has 0 unspecified atom stereocenters. The molecule has 0 heterocycles. The van der Waals surface area contributed by atoms with Crippen LogP contribution in [0.15, 0.2) is 42.5 Å². The minimum atomic E-state index is -0.542. The molecule has 1 rings (SSSR count). The minimum Gasteiger partial charge on any atom is -0.295 e. The molecule has 0 bridgehead atoms. The lowest BCUT2D eigenvalue weighted by atomic mass is 10.2. The maximum Gasteiger partial charge on any atom is 0.269 e. The standard InChI is InChI=1S/C8H8O.C4H7NO2/c1-7(9)8-5-3-2-4-6-8;1-3(2)4(6)5-7/h2-6H,1H3;7H,1H2,2H3,(H,5,6). The van der Waals surface area contributed by atoms with E-state index in [0.717, 1.165) is 5.56 Å². The summed E-state index contributed by atoms with van der Waals surface area (Å²) >= 11 is 0. The average Bonchev–Trinajstić information content (AvgIpc) is 2.29. The molecule has 0 aliphatic carbocycles. The first-order valence-electron chi connectivity index (χ1n) is 4.65. The van der Waals surface area contributed by atoms with E-state index in [-0.39, 0.29) is 5.78 Å². The van der Waals surface area contributed by atoms with E-state index < -0.39 is 5.91 Å². The minimum absolute atomic E-state index is 0.121. The van der Waals surface area contributed by atoms with Crippen LogP contribution in [0.2, 0.25) is 0 Å². The van der Waals surface area contributed by atoms with Gasteiger partial charge in [0.15, 0.2) is 5.78 Å². The average molecular weight is 221 g/mol. The molecule has 0 aliphatic heterocycles. The second-order valence-corrected chi connectivity index (χ2v) is 3.14. The Bertz CT molecular complexity index is 371. The highest BCUT2D eigenvalue weighted by atomic mass is 16.5. The summed E-state index contributed by atoms with van der Waals surface area (Å²) in [4.78, 5) is 20.7. The Morgan fingerprint density at radius 3 is 1.88 bits per heavy atom. The first kappa shape index (κ1) is 14.1. The predicted octanol–water partition coefficient (Wildman–Crippen LogP) is 1.96. The van der Waals surface area contributed by atoms with Gasteiger partial charge in [-0.25, -0.2) is 5.48 Å². The van der Waals surface area contributed by atoms with E-state index in [1.54, 1.807) is 6.92 Å². The Kier molecular flexibility index (Phi) is 6.47. The number of amides is 1. The van der Waals surface area contributed by atoms with E-state index >= 15 is 0 Å². The molecular weight excluding hydrogens is 206 g/mol.